The fourth-order valence-electron chi connectivity index (χ4n) is 1.90. The van der Waals surface area contributed by atoms with E-state index in [9.17, 15) is 4.39 Å². The van der Waals surface area contributed by atoms with Crippen LogP contribution in [0.5, 0.6) is 0 Å². The van der Waals surface area contributed by atoms with Gasteiger partial charge >= 0.3 is 0 Å². The Hall–Kier alpha value is -1.84. The number of hydrogen-bond acceptors (Lipinski definition) is 2. The Labute approximate surface area is 100 Å². The normalized spacial score (nSPS) is 11.1. The van der Waals surface area contributed by atoms with Crippen LogP contribution in [0.15, 0.2) is 24.3 Å². The number of rotatable bonds is 2. The molecule has 0 fully saturated rings. The highest BCUT2D eigenvalue weighted by Gasteiger charge is 2.20. The van der Waals surface area contributed by atoms with Gasteiger partial charge in [0, 0.05) is 12.6 Å². The second kappa shape index (κ2) is 4.20. The standard InChI is InChI=1S/C13H16FN3/c1-8(2)12-11(13(15)17(3)16-12)9-6-4-5-7-10(9)14/h4-8H,15H2,1-3H3. The van der Waals surface area contributed by atoms with Crippen LogP contribution in [0.3, 0.4) is 0 Å². The summed E-state index contributed by atoms with van der Waals surface area (Å²) in [5, 5.41) is 4.35. The van der Waals surface area contributed by atoms with Crippen LogP contribution in [0.4, 0.5) is 10.2 Å². The quantitative estimate of drug-likeness (QED) is 0.866. The van der Waals surface area contributed by atoms with E-state index in [1.165, 1.54) is 6.07 Å². The van der Waals surface area contributed by atoms with Gasteiger partial charge in [-0.3, -0.25) is 4.68 Å². The van der Waals surface area contributed by atoms with Gasteiger partial charge in [-0.2, -0.15) is 5.10 Å². The molecule has 1 heterocycles. The molecule has 0 atom stereocenters. The van der Waals surface area contributed by atoms with Gasteiger partial charge in [-0.1, -0.05) is 32.0 Å². The zero-order valence-electron chi connectivity index (χ0n) is 10.2. The lowest BCUT2D eigenvalue weighted by Gasteiger charge is -2.07. The van der Waals surface area contributed by atoms with Gasteiger partial charge in [0.1, 0.15) is 11.6 Å². The summed E-state index contributed by atoms with van der Waals surface area (Å²) in [6.45, 7) is 4.04. The lowest BCUT2D eigenvalue weighted by molar-refractivity contribution is 0.631. The topological polar surface area (TPSA) is 43.8 Å². The summed E-state index contributed by atoms with van der Waals surface area (Å²) < 4.78 is 15.4. The lowest BCUT2D eigenvalue weighted by Crippen LogP contribution is -1.98. The van der Waals surface area contributed by atoms with E-state index in [1.54, 1.807) is 29.9 Å². The summed E-state index contributed by atoms with van der Waals surface area (Å²) in [7, 11) is 1.77. The Morgan fingerprint density at radius 2 is 1.94 bits per heavy atom. The largest absolute Gasteiger partial charge is 0.383 e. The van der Waals surface area contributed by atoms with Gasteiger partial charge in [0.2, 0.25) is 0 Å². The molecule has 0 saturated carbocycles. The van der Waals surface area contributed by atoms with E-state index >= 15 is 0 Å². The van der Waals surface area contributed by atoms with Gasteiger partial charge in [0.05, 0.1) is 11.3 Å². The summed E-state index contributed by atoms with van der Waals surface area (Å²) >= 11 is 0. The van der Waals surface area contributed by atoms with E-state index in [0.717, 1.165) is 5.69 Å². The van der Waals surface area contributed by atoms with E-state index in [2.05, 4.69) is 5.10 Å². The van der Waals surface area contributed by atoms with E-state index in [-0.39, 0.29) is 11.7 Å². The Morgan fingerprint density at radius 3 is 2.53 bits per heavy atom. The third kappa shape index (κ3) is 1.90. The van der Waals surface area contributed by atoms with E-state index in [4.69, 9.17) is 5.73 Å². The maximum absolute atomic E-state index is 13.8. The molecule has 0 spiro atoms. The third-order valence-corrected chi connectivity index (χ3v) is 2.81. The molecular weight excluding hydrogens is 217 g/mol. The molecule has 1 aromatic heterocycles. The lowest BCUT2D eigenvalue weighted by atomic mass is 9.99. The molecule has 0 aliphatic rings. The van der Waals surface area contributed by atoms with Crippen molar-refractivity contribution in [3.05, 3.63) is 35.8 Å². The van der Waals surface area contributed by atoms with Crippen molar-refractivity contribution < 1.29 is 4.39 Å². The van der Waals surface area contributed by atoms with Gasteiger partial charge < -0.3 is 5.73 Å². The highest BCUT2D eigenvalue weighted by molar-refractivity contribution is 5.77. The van der Waals surface area contributed by atoms with E-state index in [1.807, 2.05) is 13.8 Å². The van der Waals surface area contributed by atoms with Crippen LogP contribution in [0.2, 0.25) is 0 Å². The molecule has 2 aromatic rings. The van der Waals surface area contributed by atoms with Crippen LogP contribution >= 0.6 is 0 Å². The number of hydrogen-bond donors (Lipinski definition) is 1. The average molecular weight is 233 g/mol. The predicted molar refractivity (Wildman–Crippen MR) is 67.1 cm³/mol. The second-order valence-electron chi connectivity index (χ2n) is 4.40. The molecule has 0 aliphatic carbocycles. The van der Waals surface area contributed by atoms with Crippen molar-refractivity contribution in [3.63, 3.8) is 0 Å². The Morgan fingerprint density at radius 1 is 1.29 bits per heavy atom. The highest BCUT2D eigenvalue weighted by Crippen LogP contribution is 2.34. The summed E-state index contributed by atoms with van der Waals surface area (Å²) in [6, 6.07) is 6.63. The first-order valence-electron chi connectivity index (χ1n) is 5.59. The predicted octanol–water partition coefficient (Wildman–Crippen LogP) is 2.93. The fraction of sp³-hybridized carbons (Fsp3) is 0.308. The van der Waals surface area contributed by atoms with E-state index in [0.29, 0.717) is 16.9 Å². The molecule has 17 heavy (non-hydrogen) atoms. The molecule has 2 N–H and O–H groups in total. The molecule has 0 aliphatic heterocycles. The molecule has 90 valence electrons. The summed E-state index contributed by atoms with van der Waals surface area (Å²) in [5.41, 5.74) is 8.03. The van der Waals surface area contributed by atoms with Crippen LogP contribution in [0.25, 0.3) is 11.1 Å². The fourth-order valence-corrected chi connectivity index (χ4v) is 1.90. The highest BCUT2D eigenvalue weighted by atomic mass is 19.1. The molecule has 1 aromatic carbocycles. The first kappa shape index (κ1) is 11.6. The van der Waals surface area contributed by atoms with Gasteiger partial charge in [-0.05, 0) is 12.0 Å². The molecule has 0 saturated heterocycles. The zero-order valence-corrected chi connectivity index (χ0v) is 10.2. The Kier molecular flexibility index (Phi) is 2.88. The van der Waals surface area contributed by atoms with Crippen LogP contribution in [-0.4, -0.2) is 9.78 Å². The SMILES string of the molecule is CC(C)c1nn(C)c(N)c1-c1ccccc1F. The van der Waals surface area contributed by atoms with Gasteiger partial charge in [-0.25, -0.2) is 4.39 Å². The third-order valence-electron chi connectivity index (χ3n) is 2.81. The van der Waals surface area contributed by atoms with Crippen molar-refractivity contribution in [1.29, 1.82) is 0 Å². The number of benzene rings is 1. The smallest absolute Gasteiger partial charge is 0.131 e. The van der Waals surface area contributed by atoms with Crippen molar-refractivity contribution in [3.8, 4) is 11.1 Å². The number of nitrogens with two attached hydrogens (primary N) is 1. The molecular formula is C13H16FN3. The van der Waals surface area contributed by atoms with Gasteiger partial charge in [-0.15, -0.1) is 0 Å². The van der Waals surface area contributed by atoms with Gasteiger partial charge in [0.25, 0.3) is 0 Å². The van der Waals surface area contributed by atoms with Crippen molar-refractivity contribution in [2.45, 2.75) is 19.8 Å². The molecule has 4 heteroatoms. The number of aromatic nitrogens is 2. The number of halogens is 1. The van der Waals surface area contributed by atoms with Gasteiger partial charge in [0.15, 0.2) is 0 Å². The van der Waals surface area contributed by atoms with Crippen LogP contribution in [0, 0.1) is 5.82 Å². The molecule has 3 nitrogen and oxygen atoms in total. The van der Waals surface area contributed by atoms with Crippen LogP contribution in [-0.2, 0) is 7.05 Å². The summed E-state index contributed by atoms with van der Waals surface area (Å²) in [4.78, 5) is 0. The first-order valence-corrected chi connectivity index (χ1v) is 5.59. The van der Waals surface area contributed by atoms with E-state index < -0.39 is 0 Å². The zero-order chi connectivity index (χ0) is 12.6. The van der Waals surface area contributed by atoms with Crippen molar-refractivity contribution in [2.24, 2.45) is 7.05 Å². The molecule has 2 rings (SSSR count). The van der Waals surface area contributed by atoms with Crippen molar-refractivity contribution in [2.75, 3.05) is 5.73 Å². The maximum atomic E-state index is 13.8. The first-order chi connectivity index (χ1) is 8.02. The average Bonchev–Trinajstić information content (AvgIpc) is 2.57. The van der Waals surface area contributed by atoms with Crippen molar-refractivity contribution in [1.82, 2.24) is 9.78 Å². The van der Waals surface area contributed by atoms with Crippen molar-refractivity contribution >= 4 is 5.82 Å². The molecule has 0 radical (unpaired) electrons. The Bertz CT molecular complexity index is 544. The van der Waals surface area contributed by atoms with Crippen LogP contribution in [0.1, 0.15) is 25.5 Å². The minimum Gasteiger partial charge on any atom is -0.383 e. The Balaban J connectivity index is 2.70. The second-order valence-corrected chi connectivity index (χ2v) is 4.40. The number of nitrogen functional groups attached to an aromatic ring is 1. The molecule has 0 amide bonds. The number of anilines is 1. The number of nitrogens with zero attached hydrogens (tertiary/aromatic N) is 2. The minimum absolute atomic E-state index is 0.202. The molecule has 0 unspecified atom stereocenters. The molecule has 0 bridgehead atoms. The summed E-state index contributed by atoms with van der Waals surface area (Å²) in [6.07, 6.45) is 0. The minimum atomic E-state index is -0.269. The number of aryl methyl sites for hydroxylation is 1. The van der Waals surface area contributed by atoms with Crippen LogP contribution < -0.4 is 5.73 Å². The monoisotopic (exact) mass is 233 g/mol. The summed E-state index contributed by atoms with van der Waals surface area (Å²) in [5.74, 6) is 0.431. The maximum Gasteiger partial charge on any atom is 0.131 e.